The van der Waals surface area contributed by atoms with E-state index in [0.717, 1.165) is 39.1 Å². The van der Waals surface area contributed by atoms with Gasteiger partial charge in [0.2, 0.25) is 0 Å². The molecule has 84 valence electrons. The van der Waals surface area contributed by atoms with Gasteiger partial charge in [0.25, 0.3) is 0 Å². The Morgan fingerprint density at radius 3 is 3.33 bits per heavy atom. The monoisotopic (exact) mass is 209 g/mol. The molecular weight excluding hydrogens is 190 g/mol. The van der Waals surface area contributed by atoms with Gasteiger partial charge in [-0.2, -0.15) is 0 Å². The summed E-state index contributed by atoms with van der Waals surface area (Å²) in [6, 6.07) is 0. The number of morpholine rings is 1. The fraction of sp³-hybridized carbons (Fsp3) is 0.727. The van der Waals surface area contributed by atoms with Crippen LogP contribution >= 0.6 is 0 Å². The minimum Gasteiger partial charge on any atom is -0.374 e. The third-order valence-corrected chi connectivity index (χ3v) is 2.68. The summed E-state index contributed by atoms with van der Waals surface area (Å²) in [5.41, 5.74) is 0. The van der Waals surface area contributed by atoms with Crippen molar-refractivity contribution in [1.29, 1.82) is 0 Å². The van der Waals surface area contributed by atoms with Crippen LogP contribution in [-0.2, 0) is 17.7 Å². The second kappa shape index (κ2) is 5.28. The first-order valence-corrected chi connectivity index (χ1v) is 5.72. The van der Waals surface area contributed by atoms with Gasteiger partial charge in [0.1, 0.15) is 5.82 Å². The third kappa shape index (κ3) is 2.79. The zero-order valence-electron chi connectivity index (χ0n) is 9.28. The van der Waals surface area contributed by atoms with Gasteiger partial charge in [0, 0.05) is 31.9 Å². The zero-order chi connectivity index (χ0) is 10.5. The molecule has 4 heteroatoms. The van der Waals surface area contributed by atoms with Crippen LogP contribution in [0.25, 0.3) is 0 Å². The maximum absolute atomic E-state index is 5.67. The van der Waals surface area contributed by atoms with E-state index in [2.05, 4.69) is 21.8 Å². The highest BCUT2D eigenvalue weighted by Gasteiger charge is 2.14. The van der Waals surface area contributed by atoms with Crippen molar-refractivity contribution in [3.8, 4) is 0 Å². The lowest BCUT2D eigenvalue weighted by Crippen LogP contribution is -2.40. The first-order valence-electron chi connectivity index (χ1n) is 5.72. The largest absolute Gasteiger partial charge is 0.374 e. The summed E-state index contributed by atoms with van der Waals surface area (Å²) < 4.78 is 7.88. The van der Waals surface area contributed by atoms with Crippen LogP contribution in [0.4, 0.5) is 0 Å². The third-order valence-electron chi connectivity index (χ3n) is 2.68. The van der Waals surface area contributed by atoms with Gasteiger partial charge in [-0.25, -0.2) is 4.98 Å². The first-order chi connectivity index (χ1) is 7.40. The first kappa shape index (κ1) is 10.6. The van der Waals surface area contributed by atoms with E-state index in [1.807, 2.05) is 12.4 Å². The highest BCUT2D eigenvalue weighted by atomic mass is 16.5. The molecule has 1 unspecified atom stereocenters. The van der Waals surface area contributed by atoms with Crippen molar-refractivity contribution in [1.82, 2.24) is 14.9 Å². The van der Waals surface area contributed by atoms with Crippen LogP contribution in [0.15, 0.2) is 12.4 Å². The molecule has 0 spiro atoms. The number of aryl methyl sites for hydroxylation is 1. The Hall–Kier alpha value is -0.870. The van der Waals surface area contributed by atoms with Gasteiger partial charge in [0.15, 0.2) is 0 Å². The van der Waals surface area contributed by atoms with Crippen LogP contribution in [0, 0.1) is 0 Å². The van der Waals surface area contributed by atoms with Crippen LogP contribution in [0.3, 0.4) is 0 Å². The smallest absolute Gasteiger partial charge is 0.108 e. The van der Waals surface area contributed by atoms with Gasteiger partial charge in [-0.15, -0.1) is 0 Å². The van der Waals surface area contributed by atoms with Crippen LogP contribution in [0.2, 0.25) is 0 Å². The Labute approximate surface area is 90.6 Å². The fourth-order valence-corrected chi connectivity index (χ4v) is 1.91. The number of hydrogen-bond donors (Lipinski definition) is 1. The second-order valence-electron chi connectivity index (χ2n) is 3.94. The summed E-state index contributed by atoms with van der Waals surface area (Å²) in [5, 5.41) is 3.34. The lowest BCUT2D eigenvalue weighted by Gasteiger charge is -2.24. The second-order valence-corrected chi connectivity index (χ2v) is 3.94. The van der Waals surface area contributed by atoms with Gasteiger partial charge in [-0.05, 0) is 6.42 Å². The van der Waals surface area contributed by atoms with Crippen molar-refractivity contribution in [2.75, 3.05) is 19.7 Å². The molecule has 1 aromatic rings. The van der Waals surface area contributed by atoms with E-state index in [1.54, 1.807) is 0 Å². The molecule has 0 radical (unpaired) electrons. The predicted molar refractivity (Wildman–Crippen MR) is 58.8 cm³/mol. The lowest BCUT2D eigenvalue weighted by molar-refractivity contribution is 0.0177. The molecule has 0 saturated carbocycles. The molecule has 0 amide bonds. The number of rotatable bonds is 4. The Balaban J connectivity index is 1.93. The van der Waals surface area contributed by atoms with Crippen molar-refractivity contribution < 1.29 is 4.74 Å². The Kier molecular flexibility index (Phi) is 3.75. The van der Waals surface area contributed by atoms with E-state index in [-0.39, 0.29) is 0 Å². The van der Waals surface area contributed by atoms with Crippen molar-refractivity contribution in [3.05, 3.63) is 18.2 Å². The molecule has 4 nitrogen and oxygen atoms in total. The van der Waals surface area contributed by atoms with Crippen molar-refractivity contribution in [2.45, 2.75) is 32.4 Å². The molecule has 0 bridgehead atoms. The normalized spacial score (nSPS) is 21.8. The molecular formula is C11H19N3O. The van der Waals surface area contributed by atoms with E-state index in [1.165, 1.54) is 5.82 Å². The van der Waals surface area contributed by atoms with Gasteiger partial charge >= 0.3 is 0 Å². The van der Waals surface area contributed by atoms with E-state index >= 15 is 0 Å². The maximum Gasteiger partial charge on any atom is 0.108 e. The number of nitrogens with one attached hydrogen (secondary N) is 1. The topological polar surface area (TPSA) is 39.1 Å². The molecule has 0 aliphatic carbocycles. The van der Waals surface area contributed by atoms with E-state index in [4.69, 9.17) is 4.74 Å². The molecule has 1 aliphatic rings. The SMILES string of the molecule is CCCc1nccn1CC1CNCCO1. The Morgan fingerprint density at radius 1 is 1.67 bits per heavy atom. The number of hydrogen-bond acceptors (Lipinski definition) is 3. The highest BCUT2D eigenvalue weighted by molar-refractivity contribution is 4.93. The minimum atomic E-state index is 0.295. The molecule has 1 atom stereocenters. The van der Waals surface area contributed by atoms with Gasteiger partial charge in [-0.1, -0.05) is 6.92 Å². The summed E-state index contributed by atoms with van der Waals surface area (Å²) in [4.78, 5) is 4.36. The number of ether oxygens (including phenoxy) is 1. The van der Waals surface area contributed by atoms with E-state index in [0.29, 0.717) is 6.10 Å². The minimum absolute atomic E-state index is 0.295. The predicted octanol–water partition coefficient (Wildman–Crippen LogP) is 0.824. The van der Waals surface area contributed by atoms with Crippen LogP contribution in [-0.4, -0.2) is 35.4 Å². The van der Waals surface area contributed by atoms with E-state index < -0.39 is 0 Å². The van der Waals surface area contributed by atoms with E-state index in [9.17, 15) is 0 Å². The number of nitrogens with zero attached hydrogens (tertiary/aromatic N) is 2. The van der Waals surface area contributed by atoms with Crippen LogP contribution < -0.4 is 5.32 Å². The van der Waals surface area contributed by atoms with Crippen LogP contribution in [0.1, 0.15) is 19.2 Å². The fourth-order valence-electron chi connectivity index (χ4n) is 1.91. The van der Waals surface area contributed by atoms with Crippen molar-refractivity contribution in [2.24, 2.45) is 0 Å². The van der Waals surface area contributed by atoms with Crippen LogP contribution in [0.5, 0.6) is 0 Å². The standard InChI is InChI=1S/C11H19N3O/c1-2-3-11-13-4-6-14(11)9-10-8-12-5-7-15-10/h4,6,10,12H,2-3,5,7-9H2,1H3. The van der Waals surface area contributed by atoms with Crippen molar-refractivity contribution >= 4 is 0 Å². The summed E-state index contributed by atoms with van der Waals surface area (Å²) >= 11 is 0. The number of aromatic nitrogens is 2. The lowest BCUT2D eigenvalue weighted by atomic mass is 10.3. The molecule has 1 aliphatic heterocycles. The average Bonchev–Trinajstić information content (AvgIpc) is 2.68. The van der Waals surface area contributed by atoms with Gasteiger partial charge < -0.3 is 14.6 Å². The molecule has 2 rings (SSSR count). The molecule has 1 N–H and O–H groups in total. The Bertz CT molecular complexity index is 292. The Morgan fingerprint density at radius 2 is 2.60 bits per heavy atom. The molecule has 2 heterocycles. The summed E-state index contributed by atoms with van der Waals surface area (Å²) in [6.45, 7) is 5.84. The molecule has 1 fully saturated rings. The highest BCUT2D eigenvalue weighted by Crippen LogP contribution is 2.06. The molecule has 15 heavy (non-hydrogen) atoms. The molecule has 1 aromatic heterocycles. The average molecular weight is 209 g/mol. The molecule has 0 aromatic carbocycles. The zero-order valence-corrected chi connectivity index (χ0v) is 9.28. The number of imidazole rings is 1. The van der Waals surface area contributed by atoms with Gasteiger partial charge in [-0.3, -0.25) is 0 Å². The summed E-state index contributed by atoms with van der Waals surface area (Å²) in [7, 11) is 0. The van der Waals surface area contributed by atoms with Crippen molar-refractivity contribution in [3.63, 3.8) is 0 Å². The molecule has 1 saturated heterocycles. The quantitative estimate of drug-likeness (QED) is 0.798. The summed E-state index contributed by atoms with van der Waals surface area (Å²) in [6.07, 6.45) is 6.40. The summed E-state index contributed by atoms with van der Waals surface area (Å²) in [5.74, 6) is 1.17. The maximum atomic E-state index is 5.67. The van der Waals surface area contributed by atoms with Gasteiger partial charge in [0.05, 0.1) is 19.3 Å².